The zero-order chi connectivity index (χ0) is 15.8. The molecule has 0 N–H and O–H groups in total. The molecule has 0 heterocycles. The predicted molar refractivity (Wildman–Crippen MR) is 84.5 cm³/mol. The fourth-order valence-electron chi connectivity index (χ4n) is 2.05. The molecule has 0 saturated carbocycles. The van der Waals surface area contributed by atoms with Crippen molar-refractivity contribution in [2.75, 3.05) is 21.0 Å². The highest BCUT2D eigenvalue weighted by Gasteiger charge is 2.12. The van der Waals surface area contributed by atoms with Crippen LogP contribution in [0, 0.1) is 0 Å². The van der Waals surface area contributed by atoms with Gasteiger partial charge in [-0.25, -0.2) is 4.79 Å². The topological polar surface area (TPSA) is 44.8 Å². The van der Waals surface area contributed by atoms with Gasteiger partial charge in [0.15, 0.2) is 6.79 Å². The van der Waals surface area contributed by atoms with Crippen LogP contribution in [-0.2, 0) is 14.3 Å². The zero-order valence-corrected chi connectivity index (χ0v) is 12.6. The number of carbonyl (C=O) groups is 1. The highest BCUT2D eigenvalue weighted by atomic mass is 16.7. The van der Waals surface area contributed by atoms with Crippen molar-refractivity contribution < 1.29 is 19.0 Å². The van der Waals surface area contributed by atoms with Gasteiger partial charge in [-0.3, -0.25) is 0 Å². The average Bonchev–Trinajstić information content (AvgIpc) is 2.58. The van der Waals surface area contributed by atoms with E-state index < -0.39 is 5.97 Å². The molecule has 0 aliphatic carbocycles. The summed E-state index contributed by atoms with van der Waals surface area (Å²) in [4.78, 5) is 11.7. The van der Waals surface area contributed by atoms with Crippen molar-refractivity contribution >= 4 is 11.5 Å². The fourth-order valence-corrected chi connectivity index (χ4v) is 2.05. The van der Waals surface area contributed by atoms with Crippen molar-refractivity contribution in [3.8, 4) is 5.75 Å². The van der Waals surface area contributed by atoms with Gasteiger partial charge in [-0.2, -0.15) is 0 Å². The number of benzene rings is 2. The maximum Gasteiger partial charge on any atom is 0.331 e. The molecule has 114 valence electrons. The van der Waals surface area contributed by atoms with E-state index in [0.717, 1.165) is 16.7 Å². The quantitative estimate of drug-likeness (QED) is 0.466. The van der Waals surface area contributed by atoms with Crippen LogP contribution in [0.4, 0.5) is 0 Å². The molecule has 4 nitrogen and oxygen atoms in total. The summed E-state index contributed by atoms with van der Waals surface area (Å²) in [7, 11) is 2.92. The van der Waals surface area contributed by atoms with Crippen LogP contribution in [0.3, 0.4) is 0 Å². The molecule has 2 aromatic carbocycles. The molecule has 2 aromatic rings. The smallest absolute Gasteiger partial charge is 0.331 e. The second kappa shape index (κ2) is 8.00. The Bertz CT molecular complexity index is 647. The third kappa shape index (κ3) is 3.96. The standard InChI is InChI=1S/C18H18O4/c1-20-13-22-17-11-7-6-10-15(17)16(12-18(19)21-2)14-8-4-3-5-9-14/h3-12H,13H2,1-2H3. The summed E-state index contributed by atoms with van der Waals surface area (Å²) >= 11 is 0. The molecular weight excluding hydrogens is 280 g/mol. The van der Waals surface area contributed by atoms with Crippen LogP contribution in [0.5, 0.6) is 5.75 Å². The van der Waals surface area contributed by atoms with Gasteiger partial charge in [0.05, 0.1) is 7.11 Å². The van der Waals surface area contributed by atoms with E-state index in [1.165, 1.54) is 13.2 Å². The van der Waals surface area contributed by atoms with Crippen LogP contribution in [0.2, 0.25) is 0 Å². The first-order chi connectivity index (χ1) is 10.8. The second-order valence-corrected chi connectivity index (χ2v) is 4.49. The van der Waals surface area contributed by atoms with Gasteiger partial charge in [0, 0.05) is 18.7 Å². The van der Waals surface area contributed by atoms with Crippen molar-refractivity contribution in [2.24, 2.45) is 0 Å². The molecule has 0 atom stereocenters. The molecule has 0 aliphatic heterocycles. The summed E-state index contributed by atoms with van der Waals surface area (Å²) in [6.45, 7) is 0.136. The molecule has 0 aliphatic rings. The van der Waals surface area contributed by atoms with Crippen molar-refractivity contribution in [3.63, 3.8) is 0 Å². The van der Waals surface area contributed by atoms with E-state index in [1.54, 1.807) is 7.11 Å². The minimum Gasteiger partial charge on any atom is -0.467 e. The lowest BCUT2D eigenvalue weighted by atomic mass is 9.97. The Hall–Kier alpha value is -2.59. The van der Waals surface area contributed by atoms with Crippen molar-refractivity contribution in [1.82, 2.24) is 0 Å². The molecule has 0 spiro atoms. The first-order valence-electron chi connectivity index (χ1n) is 6.82. The summed E-state index contributed by atoms with van der Waals surface area (Å²) in [5.74, 6) is 0.226. The number of rotatable bonds is 6. The fraction of sp³-hybridized carbons (Fsp3) is 0.167. The summed E-state index contributed by atoms with van der Waals surface area (Å²) < 4.78 is 15.3. The SMILES string of the molecule is COCOc1ccccc1C(=CC(=O)OC)c1ccccc1. The number of para-hydroxylation sites is 1. The number of esters is 1. The molecule has 0 aromatic heterocycles. The molecule has 2 rings (SSSR count). The Morgan fingerprint density at radius 3 is 2.36 bits per heavy atom. The molecule has 0 unspecified atom stereocenters. The Balaban J connectivity index is 2.51. The number of hydrogen-bond donors (Lipinski definition) is 0. The lowest BCUT2D eigenvalue weighted by molar-refractivity contribution is -0.134. The lowest BCUT2D eigenvalue weighted by Crippen LogP contribution is -2.03. The molecular formula is C18H18O4. The van der Waals surface area contributed by atoms with E-state index in [9.17, 15) is 4.79 Å². The van der Waals surface area contributed by atoms with E-state index in [1.807, 2.05) is 54.6 Å². The molecule has 0 saturated heterocycles. The van der Waals surface area contributed by atoms with E-state index in [0.29, 0.717) is 5.75 Å². The van der Waals surface area contributed by atoms with E-state index in [4.69, 9.17) is 14.2 Å². The predicted octanol–water partition coefficient (Wildman–Crippen LogP) is 3.27. The van der Waals surface area contributed by atoms with Crippen LogP contribution in [0.1, 0.15) is 11.1 Å². The summed E-state index contributed by atoms with van der Waals surface area (Å²) in [5.41, 5.74) is 2.44. The van der Waals surface area contributed by atoms with E-state index in [-0.39, 0.29) is 6.79 Å². The van der Waals surface area contributed by atoms with Gasteiger partial charge < -0.3 is 14.2 Å². The molecule has 0 radical (unpaired) electrons. The van der Waals surface area contributed by atoms with Gasteiger partial charge in [0.1, 0.15) is 5.75 Å². The zero-order valence-electron chi connectivity index (χ0n) is 12.6. The largest absolute Gasteiger partial charge is 0.467 e. The second-order valence-electron chi connectivity index (χ2n) is 4.49. The molecule has 22 heavy (non-hydrogen) atoms. The minimum absolute atomic E-state index is 0.136. The summed E-state index contributed by atoms with van der Waals surface area (Å²) in [6, 6.07) is 17.1. The van der Waals surface area contributed by atoms with E-state index in [2.05, 4.69) is 0 Å². The van der Waals surface area contributed by atoms with Crippen molar-refractivity contribution in [2.45, 2.75) is 0 Å². The Morgan fingerprint density at radius 2 is 1.68 bits per heavy atom. The Kier molecular flexibility index (Phi) is 5.74. The monoisotopic (exact) mass is 298 g/mol. The number of methoxy groups -OCH3 is 2. The Labute approximate surface area is 129 Å². The maximum atomic E-state index is 11.7. The van der Waals surface area contributed by atoms with Crippen LogP contribution < -0.4 is 4.74 Å². The highest BCUT2D eigenvalue weighted by molar-refractivity contribution is 5.97. The van der Waals surface area contributed by atoms with Crippen LogP contribution >= 0.6 is 0 Å². The van der Waals surface area contributed by atoms with Crippen LogP contribution in [0.15, 0.2) is 60.7 Å². The molecule has 0 amide bonds. The average molecular weight is 298 g/mol. The maximum absolute atomic E-state index is 11.7. The lowest BCUT2D eigenvalue weighted by Gasteiger charge is -2.14. The molecule has 0 fully saturated rings. The van der Waals surface area contributed by atoms with Gasteiger partial charge in [0.25, 0.3) is 0 Å². The van der Waals surface area contributed by atoms with E-state index >= 15 is 0 Å². The molecule has 0 bridgehead atoms. The molecule has 4 heteroatoms. The third-order valence-corrected chi connectivity index (χ3v) is 3.06. The van der Waals surface area contributed by atoms with Crippen molar-refractivity contribution in [1.29, 1.82) is 0 Å². The van der Waals surface area contributed by atoms with Crippen molar-refractivity contribution in [3.05, 3.63) is 71.8 Å². The minimum atomic E-state index is -0.416. The number of ether oxygens (including phenoxy) is 3. The van der Waals surface area contributed by atoms with Gasteiger partial charge in [-0.15, -0.1) is 0 Å². The van der Waals surface area contributed by atoms with Crippen LogP contribution in [-0.4, -0.2) is 27.0 Å². The summed E-state index contributed by atoms with van der Waals surface area (Å²) in [5, 5.41) is 0. The van der Waals surface area contributed by atoms with Gasteiger partial charge in [0.2, 0.25) is 0 Å². The normalized spacial score (nSPS) is 11.1. The van der Waals surface area contributed by atoms with Gasteiger partial charge in [-0.1, -0.05) is 48.5 Å². The van der Waals surface area contributed by atoms with Gasteiger partial charge >= 0.3 is 5.97 Å². The third-order valence-electron chi connectivity index (χ3n) is 3.06. The highest BCUT2D eigenvalue weighted by Crippen LogP contribution is 2.31. The summed E-state index contributed by atoms with van der Waals surface area (Å²) in [6.07, 6.45) is 1.46. The Morgan fingerprint density at radius 1 is 1.00 bits per heavy atom. The first-order valence-corrected chi connectivity index (χ1v) is 6.82. The first kappa shape index (κ1) is 15.8. The van der Waals surface area contributed by atoms with Gasteiger partial charge in [-0.05, 0) is 17.2 Å². The van der Waals surface area contributed by atoms with Crippen LogP contribution in [0.25, 0.3) is 5.57 Å². The number of hydrogen-bond acceptors (Lipinski definition) is 4. The number of carbonyl (C=O) groups excluding carboxylic acids is 1.